The normalized spacial score (nSPS) is 23.7. The Hall–Kier alpha value is -0.550. The second-order valence-electron chi connectivity index (χ2n) is 3.75. The van der Waals surface area contributed by atoms with E-state index in [-0.39, 0.29) is 29.7 Å². The predicted molar refractivity (Wildman–Crippen MR) is 59.6 cm³/mol. The number of likely N-dealkylation sites (tertiary alicyclic amines) is 1. The zero-order chi connectivity index (χ0) is 11.4. The van der Waals surface area contributed by atoms with Crippen LogP contribution in [0.4, 0.5) is 0 Å². The van der Waals surface area contributed by atoms with E-state index in [2.05, 4.69) is 0 Å². The number of rotatable bonds is 5. The summed E-state index contributed by atoms with van der Waals surface area (Å²) in [4.78, 5) is 24.7. The molecule has 2 amide bonds. The molecule has 0 aromatic carbocycles. The molecule has 4 nitrogen and oxygen atoms in total. The Morgan fingerprint density at radius 2 is 2.27 bits per heavy atom. The van der Waals surface area contributed by atoms with Gasteiger partial charge in [-0.2, -0.15) is 11.8 Å². The lowest BCUT2D eigenvalue weighted by Crippen LogP contribution is -2.39. The molecule has 0 saturated carbocycles. The van der Waals surface area contributed by atoms with Gasteiger partial charge < -0.3 is 5.11 Å². The molecule has 0 aromatic rings. The van der Waals surface area contributed by atoms with Gasteiger partial charge in [-0.15, -0.1) is 0 Å². The number of hydrogen-bond donors (Lipinski definition) is 1. The van der Waals surface area contributed by atoms with Crippen LogP contribution in [0.25, 0.3) is 0 Å². The number of carbonyl (C=O) groups excluding carboxylic acids is 2. The Bertz CT molecular complexity index is 257. The van der Waals surface area contributed by atoms with Gasteiger partial charge in [0.2, 0.25) is 11.8 Å². The highest BCUT2D eigenvalue weighted by Gasteiger charge is 2.40. The van der Waals surface area contributed by atoms with Gasteiger partial charge in [0.25, 0.3) is 0 Å². The lowest BCUT2D eigenvalue weighted by atomic mass is 10.1. The van der Waals surface area contributed by atoms with Crippen LogP contribution in [0.3, 0.4) is 0 Å². The molecule has 15 heavy (non-hydrogen) atoms. The maximum atomic E-state index is 11.8. The van der Waals surface area contributed by atoms with E-state index < -0.39 is 0 Å². The van der Waals surface area contributed by atoms with Gasteiger partial charge in [-0.1, -0.05) is 0 Å². The molecule has 1 N–H and O–H groups in total. The lowest BCUT2D eigenvalue weighted by molar-refractivity contribution is -0.140. The van der Waals surface area contributed by atoms with Crippen molar-refractivity contribution in [1.82, 2.24) is 4.90 Å². The van der Waals surface area contributed by atoms with E-state index in [1.54, 1.807) is 0 Å². The van der Waals surface area contributed by atoms with E-state index >= 15 is 0 Å². The number of imide groups is 1. The standard InChI is InChI=1S/C10H17NO3S/c1-7(4-3-5-12)11-9(13)6-8(15-2)10(11)14/h7-8,12H,3-6H2,1-2H3. The Morgan fingerprint density at radius 1 is 1.60 bits per heavy atom. The van der Waals surface area contributed by atoms with Crippen LogP contribution in [0.15, 0.2) is 0 Å². The first-order valence-corrected chi connectivity index (χ1v) is 6.40. The number of aliphatic hydroxyl groups is 1. The number of thioether (sulfide) groups is 1. The second kappa shape index (κ2) is 5.51. The molecule has 0 aromatic heterocycles. The Morgan fingerprint density at radius 3 is 2.73 bits per heavy atom. The van der Waals surface area contributed by atoms with Gasteiger partial charge in [-0.3, -0.25) is 14.5 Å². The average molecular weight is 231 g/mol. The molecule has 1 aliphatic heterocycles. The molecule has 1 heterocycles. The zero-order valence-corrected chi connectivity index (χ0v) is 9.92. The SMILES string of the molecule is CSC1CC(=O)N(C(C)CCCO)C1=O. The lowest BCUT2D eigenvalue weighted by Gasteiger charge is -2.22. The van der Waals surface area contributed by atoms with Gasteiger partial charge in [0.15, 0.2) is 0 Å². The van der Waals surface area contributed by atoms with Crippen LogP contribution in [0.2, 0.25) is 0 Å². The van der Waals surface area contributed by atoms with Gasteiger partial charge in [-0.05, 0) is 26.0 Å². The van der Waals surface area contributed by atoms with Gasteiger partial charge >= 0.3 is 0 Å². The molecule has 1 fully saturated rings. The van der Waals surface area contributed by atoms with Crippen LogP contribution >= 0.6 is 11.8 Å². The van der Waals surface area contributed by atoms with E-state index in [9.17, 15) is 9.59 Å². The van der Waals surface area contributed by atoms with Crippen molar-refractivity contribution in [1.29, 1.82) is 0 Å². The van der Waals surface area contributed by atoms with E-state index in [0.29, 0.717) is 19.3 Å². The fourth-order valence-corrected chi connectivity index (χ4v) is 2.41. The summed E-state index contributed by atoms with van der Waals surface area (Å²) in [6, 6.07) is -0.0886. The molecule has 0 aliphatic carbocycles. The van der Waals surface area contributed by atoms with E-state index in [0.717, 1.165) is 0 Å². The summed E-state index contributed by atoms with van der Waals surface area (Å²) < 4.78 is 0. The summed E-state index contributed by atoms with van der Waals surface area (Å²) in [6.07, 6.45) is 3.47. The van der Waals surface area contributed by atoms with Gasteiger partial charge in [0.1, 0.15) is 0 Å². The fraction of sp³-hybridized carbons (Fsp3) is 0.800. The third kappa shape index (κ3) is 2.72. The quantitative estimate of drug-likeness (QED) is 0.705. The van der Waals surface area contributed by atoms with Crippen LogP contribution in [0.1, 0.15) is 26.2 Å². The molecule has 1 saturated heterocycles. The Kier molecular flexibility index (Phi) is 4.60. The molecular formula is C10H17NO3S. The molecule has 5 heteroatoms. The highest BCUT2D eigenvalue weighted by atomic mass is 32.2. The van der Waals surface area contributed by atoms with Crippen molar-refractivity contribution in [3.8, 4) is 0 Å². The first-order chi connectivity index (χ1) is 7.11. The minimum absolute atomic E-state index is 0.0714. The monoisotopic (exact) mass is 231 g/mol. The minimum atomic E-state index is -0.200. The van der Waals surface area contributed by atoms with Crippen molar-refractivity contribution in [2.45, 2.75) is 37.5 Å². The maximum absolute atomic E-state index is 11.8. The van der Waals surface area contributed by atoms with Crippen LogP contribution < -0.4 is 0 Å². The predicted octanol–water partition coefficient (Wildman–Crippen LogP) is 0.638. The van der Waals surface area contributed by atoms with Crippen molar-refractivity contribution in [3.63, 3.8) is 0 Å². The zero-order valence-electron chi connectivity index (χ0n) is 9.10. The van der Waals surface area contributed by atoms with Crippen molar-refractivity contribution >= 4 is 23.6 Å². The van der Waals surface area contributed by atoms with Crippen LogP contribution in [-0.4, -0.2) is 46.0 Å². The van der Waals surface area contributed by atoms with Gasteiger partial charge in [0.05, 0.1) is 5.25 Å². The Balaban J connectivity index is 2.61. The van der Waals surface area contributed by atoms with Crippen molar-refractivity contribution in [2.24, 2.45) is 0 Å². The molecule has 0 radical (unpaired) electrons. The number of hydrogen-bond acceptors (Lipinski definition) is 4. The molecule has 2 atom stereocenters. The van der Waals surface area contributed by atoms with E-state index in [4.69, 9.17) is 5.11 Å². The first kappa shape index (κ1) is 12.5. The summed E-state index contributed by atoms with van der Waals surface area (Å²) in [5.74, 6) is -0.150. The van der Waals surface area contributed by atoms with Crippen LogP contribution in [-0.2, 0) is 9.59 Å². The van der Waals surface area contributed by atoms with Crippen molar-refractivity contribution in [3.05, 3.63) is 0 Å². The number of nitrogens with zero attached hydrogens (tertiary/aromatic N) is 1. The fourth-order valence-electron chi connectivity index (χ4n) is 1.79. The van der Waals surface area contributed by atoms with E-state index in [1.807, 2.05) is 13.2 Å². The number of amides is 2. The molecule has 2 unspecified atom stereocenters. The topological polar surface area (TPSA) is 57.6 Å². The first-order valence-electron chi connectivity index (χ1n) is 5.11. The summed E-state index contributed by atoms with van der Waals surface area (Å²) in [7, 11) is 0. The van der Waals surface area contributed by atoms with Gasteiger partial charge in [-0.25, -0.2) is 0 Å². The summed E-state index contributed by atoms with van der Waals surface area (Å²) in [5, 5.41) is 8.50. The third-order valence-electron chi connectivity index (χ3n) is 2.65. The highest BCUT2D eigenvalue weighted by Crippen LogP contribution is 2.25. The van der Waals surface area contributed by atoms with Crippen molar-refractivity contribution < 1.29 is 14.7 Å². The maximum Gasteiger partial charge on any atom is 0.243 e. The Labute approximate surface area is 94.0 Å². The second-order valence-corrected chi connectivity index (χ2v) is 4.79. The number of carbonyl (C=O) groups is 2. The molecule has 1 rings (SSSR count). The highest BCUT2D eigenvalue weighted by molar-refractivity contribution is 8.00. The minimum Gasteiger partial charge on any atom is -0.396 e. The van der Waals surface area contributed by atoms with Gasteiger partial charge in [0, 0.05) is 19.1 Å². The molecule has 0 spiro atoms. The van der Waals surface area contributed by atoms with Crippen LogP contribution in [0, 0.1) is 0 Å². The third-order valence-corrected chi connectivity index (χ3v) is 3.58. The molecule has 86 valence electrons. The van der Waals surface area contributed by atoms with Crippen LogP contribution in [0.5, 0.6) is 0 Å². The summed E-state index contributed by atoms with van der Waals surface area (Å²) >= 11 is 1.43. The largest absolute Gasteiger partial charge is 0.396 e. The average Bonchev–Trinajstić information content (AvgIpc) is 2.50. The summed E-state index contributed by atoms with van der Waals surface area (Å²) in [5.41, 5.74) is 0. The van der Waals surface area contributed by atoms with E-state index in [1.165, 1.54) is 16.7 Å². The smallest absolute Gasteiger partial charge is 0.243 e. The molecule has 0 bridgehead atoms. The molecule has 1 aliphatic rings. The summed E-state index contributed by atoms with van der Waals surface area (Å²) in [6.45, 7) is 1.96. The number of aliphatic hydroxyl groups excluding tert-OH is 1. The van der Waals surface area contributed by atoms with Crippen molar-refractivity contribution in [2.75, 3.05) is 12.9 Å². The molecular weight excluding hydrogens is 214 g/mol.